The van der Waals surface area contributed by atoms with E-state index in [0.717, 1.165) is 53.4 Å². The van der Waals surface area contributed by atoms with Crippen molar-refractivity contribution in [3.8, 4) is 0 Å². The average Bonchev–Trinajstić information content (AvgIpc) is 3.44. The van der Waals surface area contributed by atoms with Crippen molar-refractivity contribution in [1.29, 1.82) is 0 Å². The lowest BCUT2D eigenvalue weighted by atomic mass is 9.99. The van der Waals surface area contributed by atoms with Gasteiger partial charge in [0.05, 0.1) is 11.1 Å². The van der Waals surface area contributed by atoms with Gasteiger partial charge < -0.3 is 4.90 Å². The zero-order chi connectivity index (χ0) is 21.4. The summed E-state index contributed by atoms with van der Waals surface area (Å²) >= 11 is 1.40. The number of thiazole rings is 1. The number of aromatic nitrogens is 4. The van der Waals surface area contributed by atoms with Crippen molar-refractivity contribution in [2.75, 3.05) is 23.3 Å². The summed E-state index contributed by atoms with van der Waals surface area (Å²) in [5.74, 6) is 1.80. The number of fused-ring (bicyclic) bond motifs is 1. The van der Waals surface area contributed by atoms with Crippen LogP contribution in [0, 0.1) is 13.8 Å². The minimum Gasteiger partial charge on any atom is -0.356 e. The smallest absolute Gasteiger partial charge is 0.258 e. The Balaban J connectivity index is 1.47. The summed E-state index contributed by atoms with van der Waals surface area (Å²) in [6, 6.07) is 11.8. The molecule has 4 aromatic rings. The normalized spacial score (nSPS) is 16.1. The molecule has 4 heterocycles. The summed E-state index contributed by atoms with van der Waals surface area (Å²) in [5, 5.41) is 6.19. The van der Waals surface area contributed by atoms with Crippen molar-refractivity contribution in [3.63, 3.8) is 0 Å². The van der Waals surface area contributed by atoms with Gasteiger partial charge in [0.15, 0.2) is 5.13 Å². The highest BCUT2D eigenvalue weighted by atomic mass is 32.1. The van der Waals surface area contributed by atoms with E-state index in [0.29, 0.717) is 10.7 Å². The first-order valence-corrected chi connectivity index (χ1v) is 11.1. The quantitative estimate of drug-likeness (QED) is 0.518. The van der Waals surface area contributed by atoms with Crippen LogP contribution in [0.25, 0.3) is 10.9 Å². The monoisotopic (exact) mass is 430 g/mol. The van der Waals surface area contributed by atoms with Crippen LogP contribution in [-0.4, -0.2) is 38.9 Å². The SMILES string of the molecule is Cc1cc(N2CC[C@H](c3cc(C(=O)Nc4nccs4)c4ccccc4n3)C2)nc(C)n1. The van der Waals surface area contributed by atoms with Crippen molar-refractivity contribution < 1.29 is 4.79 Å². The third-order valence-electron chi connectivity index (χ3n) is 5.52. The number of rotatable bonds is 4. The molecule has 0 radical (unpaired) electrons. The fourth-order valence-corrected chi connectivity index (χ4v) is 4.64. The van der Waals surface area contributed by atoms with Crippen LogP contribution >= 0.6 is 11.3 Å². The van der Waals surface area contributed by atoms with E-state index < -0.39 is 0 Å². The molecule has 0 spiro atoms. The lowest BCUT2D eigenvalue weighted by Crippen LogP contribution is -2.21. The zero-order valence-electron chi connectivity index (χ0n) is 17.4. The average molecular weight is 431 g/mol. The molecule has 3 aromatic heterocycles. The van der Waals surface area contributed by atoms with Crippen LogP contribution in [0.4, 0.5) is 10.9 Å². The van der Waals surface area contributed by atoms with E-state index in [1.807, 2.05) is 55.6 Å². The number of carbonyl (C=O) groups is 1. The molecular weight excluding hydrogens is 408 g/mol. The highest BCUT2D eigenvalue weighted by Gasteiger charge is 2.27. The first-order chi connectivity index (χ1) is 15.1. The van der Waals surface area contributed by atoms with Gasteiger partial charge in [-0.15, -0.1) is 11.3 Å². The van der Waals surface area contributed by atoms with Gasteiger partial charge in [0.25, 0.3) is 5.91 Å². The molecule has 156 valence electrons. The van der Waals surface area contributed by atoms with E-state index in [4.69, 9.17) is 4.98 Å². The molecule has 1 fully saturated rings. The van der Waals surface area contributed by atoms with Crippen LogP contribution in [-0.2, 0) is 0 Å². The molecule has 7 nitrogen and oxygen atoms in total. The van der Waals surface area contributed by atoms with Crippen LogP contribution in [0.15, 0.2) is 48.0 Å². The lowest BCUT2D eigenvalue weighted by molar-refractivity contribution is 0.102. The Morgan fingerprint density at radius 3 is 2.84 bits per heavy atom. The van der Waals surface area contributed by atoms with E-state index in [9.17, 15) is 4.79 Å². The second-order valence-electron chi connectivity index (χ2n) is 7.75. The predicted octanol–water partition coefficient (Wildman–Crippen LogP) is 4.34. The number of pyridine rings is 1. The number of amides is 1. The van der Waals surface area contributed by atoms with Crippen LogP contribution < -0.4 is 10.2 Å². The van der Waals surface area contributed by atoms with Gasteiger partial charge in [-0.05, 0) is 32.4 Å². The van der Waals surface area contributed by atoms with E-state index in [-0.39, 0.29) is 11.8 Å². The van der Waals surface area contributed by atoms with Gasteiger partial charge in [-0.25, -0.2) is 15.0 Å². The number of nitrogens with zero attached hydrogens (tertiary/aromatic N) is 5. The Morgan fingerprint density at radius 2 is 2.03 bits per heavy atom. The number of para-hydroxylation sites is 1. The molecule has 1 aromatic carbocycles. The molecule has 8 heteroatoms. The predicted molar refractivity (Wildman–Crippen MR) is 123 cm³/mol. The summed E-state index contributed by atoms with van der Waals surface area (Å²) in [4.78, 5) is 33.4. The van der Waals surface area contributed by atoms with Gasteiger partial charge in [-0.2, -0.15) is 0 Å². The topological polar surface area (TPSA) is 83.9 Å². The van der Waals surface area contributed by atoms with Gasteiger partial charge >= 0.3 is 0 Å². The molecule has 1 aliphatic heterocycles. The summed E-state index contributed by atoms with van der Waals surface area (Å²) in [6.45, 7) is 5.62. The van der Waals surface area contributed by atoms with Crippen LogP contribution in [0.5, 0.6) is 0 Å². The molecule has 1 atom stereocenters. The number of hydrogen-bond acceptors (Lipinski definition) is 7. The first-order valence-electron chi connectivity index (χ1n) is 10.2. The largest absolute Gasteiger partial charge is 0.356 e. The maximum atomic E-state index is 13.1. The van der Waals surface area contributed by atoms with Crippen molar-refractivity contribution in [2.24, 2.45) is 0 Å². The van der Waals surface area contributed by atoms with Crippen molar-refractivity contribution >= 4 is 39.1 Å². The molecule has 1 saturated heterocycles. The van der Waals surface area contributed by atoms with Gasteiger partial charge in [0.2, 0.25) is 0 Å². The van der Waals surface area contributed by atoms with Crippen molar-refractivity contribution in [3.05, 3.63) is 70.8 Å². The second-order valence-corrected chi connectivity index (χ2v) is 8.64. The Hall–Kier alpha value is -3.39. The molecule has 1 amide bonds. The minimum absolute atomic E-state index is 0.160. The van der Waals surface area contributed by atoms with Gasteiger partial charge in [-0.1, -0.05) is 18.2 Å². The number of benzene rings is 1. The summed E-state index contributed by atoms with van der Waals surface area (Å²) < 4.78 is 0. The molecule has 0 unspecified atom stereocenters. The Kier molecular flexibility index (Phi) is 5.07. The van der Waals surface area contributed by atoms with Crippen molar-refractivity contribution in [1.82, 2.24) is 19.9 Å². The van der Waals surface area contributed by atoms with Gasteiger partial charge in [-0.3, -0.25) is 15.1 Å². The van der Waals surface area contributed by atoms with E-state index in [1.165, 1.54) is 11.3 Å². The molecule has 0 saturated carbocycles. The number of aryl methyl sites for hydroxylation is 2. The number of hydrogen-bond donors (Lipinski definition) is 1. The summed E-state index contributed by atoms with van der Waals surface area (Å²) in [7, 11) is 0. The molecule has 0 aliphatic carbocycles. The fourth-order valence-electron chi connectivity index (χ4n) is 4.11. The van der Waals surface area contributed by atoms with E-state index >= 15 is 0 Å². The molecule has 1 aliphatic rings. The molecule has 1 N–H and O–H groups in total. The third kappa shape index (κ3) is 3.98. The Morgan fingerprint density at radius 1 is 1.16 bits per heavy atom. The highest BCUT2D eigenvalue weighted by molar-refractivity contribution is 7.13. The number of carbonyl (C=O) groups excluding carboxylic acids is 1. The minimum atomic E-state index is -0.160. The van der Waals surface area contributed by atoms with E-state index in [1.54, 1.807) is 6.20 Å². The second kappa shape index (κ2) is 8.03. The fraction of sp³-hybridized carbons (Fsp3) is 0.261. The molecule has 31 heavy (non-hydrogen) atoms. The van der Waals surface area contributed by atoms with Crippen LogP contribution in [0.2, 0.25) is 0 Å². The third-order valence-corrected chi connectivity index (χ3v) is 6.20. The molecule has 5 rings (SSSR count). The van der Waals surface area contributed by atoms with Gasteiger partial charge in [0.1, 0.15) is 11.6 Å². The lowest BCUT2D eigenvalue weighted by Gasteiger charge is -2.18. The Bertz CT molecular complexity index is 1240. The summed E-state index contributed by atoms with van der Waals surface area (Å²) in [5.41, 5.74) is 3.36. The zero-order valence-corrected chi connectivity index (χ0v) is 18.2. The maximum Gasteiger partial charge on any atom is 0.258 e. The molecule has 0 bridgehead atoms. The van der Waals surface area contributed by atoms with Gasteiger partial charge in [0, 0.05) is 53.4 Å². The summed E-state index contributed by atoms with van der Waals surface area (Å²) in [6.07, 6.45) is 2.64. The maximum absolute atomic E-state index is 13.1. The number of nitrogens with one attached hydrogen (secondary N) is 1. The molecular formula is C23H22N6OS. The number of anilines is 2. The van der Waals surface area contributed by atoms with Crippen molar-refractivity contribution in [2.45, 2.75) is 26.2 Å². The highest BCUT2D eigenvalue weighted by Crippen LogP contribution is 2.32. The van der Waals surface area contributed by atoms with Crippen LogP contribution in [0.3, 0.4) is 0 Å². The first kappa shape index (κ1) is 19.6. The van der Waals surface area contributed by atoms with E-state index in [2.05, 4.69) is 25.2 Å². The Labute approximate surface area is 184 Å². The van der Waals surface area contributed by atoms with Crippen LogP contribution in [0.1, 0.15) is 39.9 Å². The standard InChI is InChI=1S/C23H22N6OS/c1-14-11-21(26-15(2)25-14)29-9-7-16(13-29)20-12-18(17-5-3-4-6-19(17)27-20)22(30)28-23-24-8-10-31-23/h3-6,8,10-12,16H,7,9,13H2,1-2H3,(H,24,28,30)/t16-/m0/s1.